The molecule has 1 aliphatic carbocycles. The van der Waals surface area contributed by atoms with Gasteiger partial charge in [-0.2, -0.15) is 0 Å². The zero-order chi connectivity index (χ0) is 15.4. The fourth-order valence-electron chi connectivity index (χ4n) is 3.11. The number of aliphatic hydroxyl groups is 1. The van der Waals surface area contributed by atoms with E-state index in [-0.39, 0.29) is 6.61 Å². The molecule has 0 amide bonds. The molecule has 0 aromatic heterocycles. The number of benzene rings is 2. The van der Waals surface area contributed by atoms with E-state index in [0.29, 0.717) is 12.6 Å². The molecule has 116 valence electrons. The Morgan fingerprint density at radius 1 is 1.23 bits per heavy atom. The molecule has 0 saturated carbocycles. The molecule has 1 aliphatic rings. The molecule has 0 bridgehead atoms. The lowest BCUT2D eigenvalue weighted by Crippen LogP contribution is -2.19. The quantitative estimate of drug-likeness (QED) is 0.860. The number of ether oxygens (including phenoxy) is 1. The summed E-state index contributed by atoms with van der Waals surface area (Å²) in [7, 11) is 0. The summed E-state index contributed by atoms with van der Waals surface area (Å²) in [6, 6.07) is 15.2. The van der Waals surface area contributed by atoms with Gasteiger partial charge in [-0.05, 0) is 37.0 Å². The van der Waals surface area contributed by atoms with Gasteiger partial charge in [0.1, 0.15) is 12.4 Å². The minimum absolute atomic E-state index is 0.0387. The van der Waals surface area contributed by atoms with E-state index in [2.05, 4.69) is 36.5 Å². The summed E-state index contributed by atoms with van der Waals surface area (Å²) in [6.07, 6.45) is 2.30. The van der Waals surface area contributed by atoms with Crippen molar-refractivity contribution in [1.29, 1.82) is 0 Å². The van der Waals surface area contributed by atoms with E-state index in [1.165, 1.54) is 16.7 Å². The molecule has 22 heavy (non-hydrogen) atoms. The average Bonchev–Trinajstić information content (AvgIpc) is 2.94. The SMILES string of the molecule is Cc1ccc2c(c1)C(NCc1ccccc1OCCO)CC2. The van der Waals surface area contributed by atoms with Gasteiger partial charge in [-0.25, -0.2) is 0 Å². The highest BCUT2D eigenvalue weighted by Gasteiger charge is 2.22. The zero-order valence-electron chi connectivity index (χ0n) is 13.0. The van der Waals surface area contributed by atoms with Gasteiger partial charge in [0.15, 0.2) is 0 Å². The van der Waals surface area contributed by atoms with Crippen LogP contribution in [0.2, 0.25) is 0 Å². The molecular formula is C19H23NO2. The van der Waals surface area contributed by atoms with Gasteiger partial charge < -0.3 is 15.2 Å². The van der Waals surface area contributed by atoms with E-state index in [0.717, 1.165) is 30.7 Å². The standard InChI is InChI=1S/C19H23NO2/c1-14-6-7-15-8-9-18(17(15)12-14)20-13-16-4-2-3-5-19(16)22-11-10-21/h2-7,12,18,20-21H,8-11,13H2,1H3. The third kappa shape index (κ3) is 3.32. The van der Waals surface area contributed by atoms with Crippen molar-refractivity contribution in [3.05, 3.63) is 64.7 Å². The number of hydrogen-bond donors (Lipinski definition) is 2. The first kappa shape index (κ1) is 15.1. The van der Waals surface area contributed by atoms with Crippen LogP contribution in [0.5, 0.6) is 5.75 Å². The minimum atomic E-state index is 0.0387. The molecule has 3 nitrogen and oxygen atoms in total. The summed E-state index contributed by atoms with van der Waals surface area (Å²) in [5.74, 6) is 0.853. The van der Waals surface area contributed by atoms with E-state index in [1.807, 2.05) is 18.2 Å². The van der Waals surface area contributed by atoms with Crippen molar-refractivity contribution in [3.8, 4) is 5.75 Å². The Hall–Kier alpha value is -1.84. The topological polar surface area (TPSA) is 41.5 Å². The summed E-state index contributed by atoms with van der Waals surface area (Å²) in [5, 5.41) is 12.6. The number of fused-ring (bicyclic) bond motifs is 1. The Bertz CT molecular complexity index is 639. The van der Waals surface area contributed by atoms with Crippen molar-refractivity contribution < 1.29 is 9.84 Å². The minimum Gasteiger partial charge on any atom is -0.491 e. The molecular weight excluding hydrogens is 274 g/mol. The maximum absolute atomic E-state index is 8.92. The zero-order valence-corrected chi connectivity index (χ0v) is 13.0. The van der Waals surface area contributed by atoms with E-state index in [9.17, 15) is 0 Å². The number of hydrogen-bond acceptors (Lipinski definition) is 3. The first-order chi connectivity index (χ1) is 10.8. The Morgan fingerprint density at radius 2 is 2.09 bits per heavy atom. The van der Waals surface area contributed by atoms with Crippen molar-refractivity contribution in [1.82, 2.24) is 5.32 Å². The first-order valence-corrected chi connectivity index (χ1v) is 7.92. The Kier molecular flexibility index (Phi) is 4.76. The maximum atomic E-state index is 8.92. The van der Waals surface area contributed by atoms with Crippen molar-refractivity contribution in [2.45, 2.75) is 32.4 Å². The van der Waals surface area contributed by atoms with Crippen LogP contribution in [-0.4, -0.2) is 18.3 Å². The summed E-state index contributed by atoms with van der Waals surface area (Å²) in [5.41, 5.74) is 5.36. The van der Waals surface area contributed by atoms with Gasteiger partial charge in [0.05, 0.1) is 6.61 Å². The van der Waals surface area contributed by atoms with Crippen LogP contribution in [0.25, 0.3) is 0 Å². The average molecular weight is 297 g/mol. The number of para-hydroxylation sites is 1. The van der Waals surface area contributed by atoms with Gasteiger partial charge in [-0.1, -0.05) is 42.0 Å². The smallest absolute Gasteiger partial charge is 0.123 e. The van der Waals surface area contributed by atoms with Crippen LogP contribution in [-0.2, 0) is 13.0 Å². The first-order valence-electron chi connectivity index (χ1n) is 7.92. The highest BCUT2D eigenvalue weighted by atomic mass is 16.5. The summed E-state index contributed by atoms with van der Waals surface area (Å²) in [6.45, 7) is 3.30. The van der Waals surface area contributed by atoms with E-state index >= 15 is 0 Å². The fourth-order valence-corrected chi connectivity index (χ4v) is 3.11. The molecule has 1 unspecified atom stereocenters. The Labute approximate surface area is 131 Å². The third-order valence-corrected chi connectivity index (χ3v) is 4.24. The summed E-state index contributed by atoms with van der Waals surface area (Å²) in [4.78, 5) is 0. The number of aryl methyl sites for hydroxylation is 2. The lowest BCUT2D eigenvalue weighted by molar-refractivity contribution is 0.200. The predicted octanol–water partition coefficient (Wildman–Crippen LogP) is 3.14. The molecule has 0 saturated heterocycles. The van der Waals surface area contributed by atoms with Crippen molar-refractivity contribution in [2.75, 3.05) is 13.2 Å². The molecule has 0 radical (unpaired) electrons. The van der Waals surface area contributed by atoms with Crippen LogP contribution in [0, 0.1) is 6.92 Å². The van der Waals surface area contributed by atoms with Gasteiger partial charge in [-0.15, -0.1) is 0 Å². The van der Waals surface area contributed by atoms with Crippen molar-refractivity contribution in [3.63, 3.8) is 0 Å². The number of nitrogens with one attached hydrogen (secondary N) is 1. The van der Waals surface area contributed by atoms with Crippen LogP contribution >= 0.6 is 0 Å². The second-order valence-electron chi connectivity index (χ2n) is 5.85. The van der Waals surface area contributed by atoms with Gasteiger partial charge >= 0.3 is 0 Å². The summed E-state index contributed by atoms with van der Waals surface area (Å²) < 4.78 is 5.60. The molecule has 0 fully saturated rings. The molecule has 1 atom stereocenters. The second kappa shape index (κ2) is 6.95. The molecule has 2 aromatic rings. The molecule has 3 rings (SSSR count). The van der Waals surface area contributed by atoms with Crippen LogP contribution in [0.4, 0.5) is 0 Å². The highest BCUT2D eigenvalue weighted by molar-refractivity contribution is 5.38. The third-order valence-electron chi connectivity index (χ3n) is 4.24. The number of aliphatic hydroxyl groups excluding tert-OH is 1. The van der Waals surface area contributed by atoms with E-state index < -0.39 is 0 Å². The van der Waals surface area contributed by atoms with Crippen molar-refractivity contribution in [2.24, 2.45) is 0 Å². The van der Waals surface area contributed by atoms with Crippen LogP contribution < -0.4 is 10.1 Å². The predicted molar refractivity (Wildman–Crippen MR) is 88.1 cm³/mol. The molecule has 0 aliphatic heterocycles. The normalized spacial score (nSPS) is 16.5. The van der Waals surface area contributed by atoms with Crippen molar-refractivity contribution >= 4 is 0 Å². The lowest BCUT2D eigenvalue weighted by Gasteiger charge is -2.16. The number of rotatable bonds is 6. The van der Waals surface area contributed by atoms with Gasteiger partial charge in [0.2, 0.25) is 0 Å². The Morgan fingerprint density at radius 3 is 2.95 bits per heavy atom. The fraction of sp³-hybridized carbons (Fsp3) is 0.368. The van der Waals surface area contributed by atoms with Gasteiger partial charge in [0, 0.05) is 18.2 Å². The highest BCUT2D eigenvalue weighted by Crippen LogP contribution is 2.32. The van der Waals surface area contributed by atoms with Crippen LogP contribution in [0.3, 0.4) is 0 Å². The monoisotopic (exact) mass is 297 g/mol. The molecule has 2 aromatic carbocycles. The molecule has 3 heteroatoms. The lowest BCUT2D eigenvalue weighted by atomic mass is 10.0. The van der Waals surface area contributed by atoms with Gasteiger partial charge in [0.25, 0.3) is 0 Å². The van der Waals surface area contributed by atoms with E-state index in [1.54, 1.807) is 0 Å². The van der Waals surface area contributed by atoms with Gasteiger partial charge in [-0.3, -0.25) is 0 Å². The second-order valence-corrected chi connectivity index (χ2v) is 5.85. The summed E-state index contributed by atoms with van der Waals surface area (Å²) >= 11 is 0. The molecule has 2 N–H and O–H groups in total. The van der Waals surface area contributed by atoms with E-state index in [4.69, 9.17) is 9.84 Å². The van der Waals surface area contributed by atoms with Crippen LogP contribution in [0.15, 0.2) is 42.5 Å². The largest absolute Gasteiger partial charge is 0.491 e. The molecule has 0 heterocycles. The Balaban J connectivity index is 1.68. The molecule has 0 spiro atoms. The van der Waals surface area contributed by atoms with Crippen LogP contribution in [0.1, 0.15) is 34.7 Å². The maximum Gasteiger partial charge on any atom is 0.123 e.